The van der Waals surface area contributed by atoms with Crippen LogP contribution in [-0.4, -0.2) is 10.1 Å². The molecule has 1 aliphatic rings. The Kier molecular flexibility index (Phi) is 4.75. The summed E-state index contributed by atoms with van der Waals surface area (Å²) in [5, 5.41) is 6.52. The molecule has 1 unspecified atom stereocenters. The summed E-state index contributed by atoms with van der Waals surface area (Å²) in [7, 11) is -0.682. The molecule has 1 aromatic heterocycles. The van der Waals surface area contributed by atoms with Crippen molar-refractivity contribution in [2.45, 2.75) is 31.8 Å². The molecule has 4 aromatic carbocycles. The van der Waals surface area contributed by atoms with Crippen LogP contribution in [0, 0.1) is 0 Å². The van der Waals surface area contributed by atoms with Gasteiger partial charge in [0.1, 0.15) is 5.75 Å². The molecule has 2 nitrogen and oxygen atoms in total. The van der Waals surface area contributed by atoms with E-state index in [1.807, 2.05) is 12.3 Å². The molecule has 0 saturated heterocycles. The van der Waals surface area contributed by atoms with Crippen LogP contribution in [0.2, 0.25) is 0 Å². The smallest absolute Gasteiger partial charge is 0.163 e. The quantitative estimate of drug-likeness (QED) is 0.202. The Balaban J connectivity index is 1.68. The minimum absolute atomic E-state index is 0.0430. The van der Waals surface area contributed by atoms with Gasteiger partial charge in [-0.15, -0.1) is 0 Å². The average molecular weight is 448 g/mol. The molecule has 0 bridgehead atoms. The van der Waals surface area contributed by atoms with Gasteiger partial charge in [0, 0.05) is 11.5 Å². The molecule has 3 heteroatoms. The van der Waals surface area contributed by atoms with E-state index in [-0.39, 0.29) is 11.0 Å². The van der Waals surface area contributed by atoms with Crippen molar-refractivity contribution in [1.29, 1.82) is 0 Å². The third-order valence-electron chi connectivity index (χ3n) is 6.42. The van der Waals surface area contributed by atoms with E-state index in [1.54, 1.807) is 0 Å². The Morgan fingerprint density at radius 1 is 0.758 bits per heavy atom. The number of hydrogen-bond acceptors (Lipinski definition) is 2. The largest absolute Gasteiger partial charge is 0.479 e. The molecule has 0 N–H and O–H groups in total. The molecule has 2 heterocycles. The number of ether oxygens (including phenoxy) is 1. The summed E-state index contributed by atoms with van der Waals surface area (Å²) < 4.78 is 6.68. The Morgan fingerprint density at radius 2 is 1.42 bits per heavy atom. The van der Waals surface area contributed by atoms with Gasteiger partial charge in [0.05, 0.1) is 5.69 Å². The zero-order valence-corrected chi connectivity index (χ0v) is 20.0. The molecule has 5 aromatic rings. The molecule has 0 saturated carbocycles. The maximum Gasteiger partial charge on any atom is 0.163 e. The van der Waals surface area contributed by atoms with Gasteiger partial charge >= 0.3 is 0 Å². The lowest BCUT2D eigenvalue weighted by atomic mass is 9.92. The van der Waals surface area contributed by atoms with Crippen LogP contribution in [0.5, 0.6) is 5.75 Å². The minimum atomic E-state index is -0.682. The summed E-state index contributed by atoms with van der Waals surface area (Å²) in [6.45, 7) is 7.02. The molecule has 33 heavy (non-hydrogen) atoms. The third kappa shape index (κ3) is 3.33. The summed E-state index contributed by atoms with van der Waals surface area (Å²) in [6.07, 6.45) is 1.87. The van der Waals surface area contributed by atoms with Crippen molar-refractivity contribution in [3.05, 3.63) is 103 Å². The maximum absolute atomic E-state index is 6.68. The molecular formula is C30H26NOP. The van der Waals surface area contributed by atoms with Gasteiger partial charge in [-0.1, -0.05) is 87.5 Å². The summed E-state index contributed by atoms with van der Waals surface area (Å²) in [5.41, 5.74) is 3.62. The Morgan fingerprint density at radius 3 is 2.06 bits per heavy atom. The zero-order chi connectivity index (χ0) is 22.6. The molecule has 0 aliphatic carbocycles. The minimum Gasteiger partial charge on any atom is -0.479 e. The standard InChI is InChI=1S/C30H26NOP/c1-30(2,3)33-28-24(15-10-17-26(28)32-29(33)25-16-8-9-18-31-25)27-22-13-6-4-11-20(22)19-21-12-5-7-14-23(21)27/h4-19,29H,1-3H3/t29?,33-/m1/s1. The normalized spacial score (nSPS) is 17.8. The van der Waals surface area contributed by atoms with Crippen LogP contribution in [0.25, 0.3) is 32.7 Å². The zero-order valence-electron chi connectivity index (χ0n) is 19.1. The Labute approximate surface area is 196 Å². The molecule has 1 aliphatic heterocycles. The molecule has 0 amide bonds. The van der Waals surface area contributed by atoms with E-state index in [2.05, 4.69) is 106 Å². The van der Waals surface area contributed by atoms with Crippen molar-refractivity contribution >= 4 is 34.8 Å². The number of aromatic nitrogens is 1. The molecule has 2 atom stereocenters. The average Bonchev–Trinajstić information content (AvgIpc) is 3.24. The van der Waals surface area contributed by atoms with Gasteiger partial charge in [-0.3, -0.25) is 4.98 Å². The van der Waals surface area contributed by atoms with Crippen LogP contribution in [0.15, 0.2) is 97.2 Å². The molecule has 162 valence electrons. The van der Waals surface area contributed by atoms with E-state index < -0.39 is 7.92 Å². The number of fused-ring (bicyclic) bond motifs is 3. The van der Waals surface area contributed by atoms with E-state index in [9.17, 15) is 0 Å². The van der Waals surface area contributed by atoms with Crippen molar-refractivity contribution in [3.8, 4) is 16.9 Å². The fourth-order valence-corrected chi connectivity index (χ4v) is 8.12. The van der Waals surface area contributed by atoms with Gasteiger partial charge in [-0.25, -0.2) is 0 Å². The van der Waals surface area contributed by atoms with Gasteiger partial charge in [0.2, 0.25) is 0 Å². The first-order valence-corrected chi connectivity index (χ1v) is 12.8. The number of benzene rings is 4. The fraction of sp³-hybridized carbons (Fsp3) is 0.167. The van der Waals surface area contributed by atoms with Crippen molar-refractivity contribution in [2.24, 2.45) is 0 Å². The van der Waals surface area contributed by atoms with Gasteiger partial charge in [-0.2, -0.15) is 0 Å². The van der Waals surface area contributed by atoms with Gasteiger partial charge in [-0.05, 0) is 70.0 Å². The molecular weight excluding hydrogens is 421 g/mol. The van der Waals surface area contributed by atoms with Gasteiger partial charge < -0.3 is 4.74 Å². The van der Waals surface area contributed by atoms with Gasteiger partial charge in [0.25, 0.3) is 0 Å². The van der Waals surface area contributed by atoms with Crippen molar-refractivity contribution in [3.63, 3.8) is 0 Å². The number of nitrogens with zero attached hydrogens (tertiary/aromatic N) is 1. The fourth-order valence-electron chi connectivity index (χ4n) is 5.06. The summed E-state index contributed by atoms with van der Waals surface area (Å²) >= 11 is 0. The lowest BCUT2D eigenvalue weighted by molar-refractivity contribution is 0.295. The highest BCUT2D eigenvalue weighted by Crippen LogP contribution is 2.66. The summed E-state index contributed by atoms with van der Waals surface area (Å²) in [6, 6.07) is 32.5. The molecule has 6 rings (SSSR count). The SMILES string of the molecule is CC(C)(C)[P@]1c2c(cccc2-c2c3ccccc3cc3ccccc23)OC1c1ccccn1. The monoisotopic (exact) mass is 447 g/mol. The topological polar surface area (TPSA) is 22.1 Å². The highest BCUT2D eigenvalue weighted by molar-refractivity contribution is 7.68. The van der Waals surface area contributed by atoms with E-state index in [4.69, 9.17) is 9.72 Å². The van der Waals surface area contributed by atoms with Crippen LogP contribution >= 0.6 is 7.92 Å². The third-order valence-corrected chi connectivity index (χ3v) is 9.64. The second-order valence-corrected chi connectivity index (χ2v) is 12.6. The van der Waals surface area contributed by atoms with Crippen molar-refractivity contribution in [1.82, 2.24) is 4.98 Å². The van der Waals surface area contributed by atoms with E-state index in [0.717, 1.165) is 11.4 Å². The number of rotatable bonds is 2. The van der Waals surface area contributed by atoms with E-state index in [0.29, 0.717) is 0 Å². The molecule has 0 radical (unpaired) electrons. The Hall–Kier alpha value is -3.22. The summed E-state index contributed by atoms with van der Waals surface area (Å²) in [5.74, 6) is 0.958. The Bertz CT molecular complexity index is 1430. The van der Waals surface area contributed by atoms with Crippen molar-refractivity contribution in [2.75, 3.05) is 0 Å². The first-order chi connectivity index (χ1) is 16.0. The lowest BCUT2D eigenvalue weighted by Gasteiger charge is -2.32. The second-order valence-electron chi connectivity index (χ2n) is 9.61. The van der Waals surface area contributed by atoms with E-state index in [1.165, 1.54) is 38.0 Å². The molecule has 0 fully saturated rings. The predicted octanol–water partition coefficient (Wildman–Crippen LogP) is 8.05. The van der Waals surface area contributed by atoms with Crippen LogP contribution in [0.4, 0.5) is 0 Å². The summed E-state index contributed by atoms with van der Waals surface area (Å²) in [4.78, 5) is 4.70. The molecule has 0 spiro atoms. The first-order valence-electron chi connectivity index (χ1n) is 11.4. The lowest BCUT2D eigenvalue weighted by Crippen LogP contribution is -2.21. The highest BCUT2D eigenvalue weighted by atomic mass is 31.1. The maximum atomic E-state index is 6.68. The highest BCUT2D eigenvalue weighted by Gasteiger charge is 2.44. The first kappa shape index (κ1) is 20.4. The van der Waals surface area contributed by atoms with Crippen LogP contribution < -0.4 is 10.0 Å². The number of hydrogen-bond donors (Lipinski definition) is 0. The van der Waals surface area contributed by atoms with E-state index >= 15 is 0 Å². The van der Waals surface area contributed by atoms with Crippen LogP contribution in [0.1, 0.15) is 32.3 Å². The van der Waals surface area contributed by atoms with Crippen molar-refractivity contribution < 1.29 is 4.74 Å². The van der Waals surface area contributed by atoms with Crippen LogP contribution in [0.3, 0.4) is 0 Å². The van der Waals surface area contributed by atoms with Crippen LogP contribution in [-0.2, 0) is 0 Å². The predicted molar refractivity (Wildman–Crippen MR) is 141 cm³/mol. The second kappa shape index (κ2) is 7.68. The van der Waals surface area contributed by atoms with Gasteiger partial charge in [0.15, 0.2) is 5.85 Å². The number of pyridine rings is 1.